The molecule has 0 aromatic heterocycles. The van der Waals surface area contributed by atoms with Gasteiger partial charge < -0.3 is 9.47 Å². The number of ether oxygens (including phenoxy) is 2. The molecule has 1 aromatic rings. The smallest absolute Gasteiger partial charge is 0.165 e. The number of hydrogen-bond donors (Lipinski definition) is 0. The van der Waals surface area contributed by atoms with Gasteiger partial charge in [-0.3, -0.25) is 0 Å². The van der Waals surface area contributed by atoms with Gasteiger partial charge in [0.2, 0.25) is 0 Å². The largest absolute Gasteiger partial charge is 0.493 e. The number of benzene rings is 1. The van der Waals surface area contributed by atoms with Gasteiger partial charge in [0.25, 0.3) is 0 Å². The monoisotopic (exact) mass is 230 g/mol. The summed E-state index contributed by atoms with van der Waals surface area (Å²) in [6, 6.07) is 7.38. The standard InChI is InChI=1S/C13H14N2O2/c1-3-6-17-13-11(4-5-14)7-10(9-15)8-12(13)16-2/h7-8H,3-4,6H2,1-2H3. The summed E-state index contributed by atoms with van der Waals surface area (Å²) in [6.07, 6.45) is 1.07. The molecule has 0 unspecified atom stereocenters. The Kier molecular flexibility index (Phi) is 4.84. The van der Waals surface area contributed by atoms with Crippen LogP contribution in [0.3, 0.4) is 0 Å². The highest BCUT2D eigenvalue weighted by atomic mass is 16.5. The van der Waals surface area contributed by atoms with Crippen molar-refractivity contribution in [3.63, 3.8) is 0 Å². The zero-order valence-corrected chi connectivity index (χ0v) is 9.99. The summed E-state index contributed by atoms with van der Waals surface area (Å²) in [6.45, 7) is 2.56. The lowest BCUT2D eigenvalue weighted by Gasteiger charge is -2.13. The Morgan fingerprint density at radius 1 is 1.29 bits per heavy atom. The molecular formula is C13H14N2O2. The van der Waals surface area contributed by atoms with Crippen molar-refractivity contribution in [3.05, 3.63) is 23.3 Å². The average molecular weight is 230 g/mol. The Hall–Kier alpha value is -2.20. The molecule has 17 heavy (non-hydrogen) atoms. The van der Waals surface area contributed by atoms with Gasteiger partial charge in [0.05, 0.1) is 37.8 Å². The van der Waals surface area contributed by atoms with Crippen LogP contribution in [0.25, 0.3) is 0 Å². The van der Waals surface area contributed by atoms with Crippen LogP contribution in [0.5, 0.6) is 11.5 Å². The molecule has 0 aliphatic heterocycles. The second-order valence-electron chi connectivity index (χ2n) is 3.46. The van der Waals surface area contributed by atoms with E-state index in [4.69, 9.17) is 20.0 Å². The third-order valence-corrected chi connectivity index (χ3v) is 2.20. The van der Waals surface area contributed by atoms with Crippen molar-refractivity contribution < 1.29 is 9.47 Å². The lowest BCUT2D eigenvalue weighted by molar-refractivity contribution is 0.292. The molecule has 0 N–H and O–H groups in total. The summed E-state index contributed by atoms with van der Waals surface area (Å²) >= 11 is 0. The first kappa shape index (κ1) is 12.9. The van der Waals surface area contributed by atoms with E-state index >= 15 is 0 Å². The molecule has 0 heterocycles. The van der Waals surface area contributed by atoms with Crippen LogP contribution >= 0.6 is 0 Å². The average Bonchev–Trinajstić information content (AvgIpc) is 2.36. The van der Waals surface area contributed by atoms with Gasteiger partial charge in [-0.2, -0.15) is 10.5 Å². The van der Waals surface area contributed by atoms with E-state index in [1.54, 1.807) is 12.1 Å². The van der Waals surface area contributed by atoms with Crippen LogP contribution in [0.1, 0.15) is 24.5 Å². The molecule has 4 heteroatoms. The summed E-state index contributed by atoms with van der Waals surface area (Å²) in [5.74, 6) is 1.07. The van der Waals surface area contributed by atoms with E-state index in [1.807, 2.05) is 13.0 Å². The molecule has 1 aromatic carbocycles. The fourth-order valence-corrected chi connectivity index (χ4v) is 1.46. The van der Waals surface area contributed by atoms with Crippen molar-refractivity contribution in [3.8, 4) is 23.6 Å². The summed E-state index contributed by atoms with van der Waals surface area (Å²) < 4.78 is 10.8. The molecule has 0 amide bonds. The van der Waals surface area contributed by atoms with Gasteiger partial charge in [-0.05, 0) is 12.5 Å². The summed E-state index contributed by atoms with van der Waals surface area (Å²) in [4.78, 5) is 0. The second kappa shape index (κ2) is 6.40. The van der Waals surface area contributed by atoms with E-state index in [2.05, 4.69) is 6.07 Å². The minimum absolute atomic E-state index is 0.199. The highest BCUT2D eigenvalue weighted by molar-refractivity contribution is 5.53. The summed E-state index contributed by atoms with van der Waals surface area (Å²) in [5, 5.41) is 17.7. The first-order valence-electron chi connectivity index (χ1n) is 5.37. The van der Waals surface area contributed by atoms with Gasteiger partial charge >= 0.3 is 0 Å². The molecule has 1 rings (SSSR count). The number of nitriles is 2. The van der Waals surface area contributed by atoms with E-state index in [0.29, 0.717) is 29.2 Å². The third-order valence-electron chi connectivity index (χ3n) is 2.20. The molecule has 0 aliphatic carbocycles. The van der Waals surface area contributed by atoms with E-state index in [1.165, 1.54) is 7.11 Å². The predicted molar refractivity (Wildman–Crippen MR) is 62.8 cm³/mol. The number of hydrogen-bond acceptors (Lipinski definition) is 4. The van der Waals surface area contributed by atoms with Gasteiger partial charge in [0.1, 0.15) is 0 Å². The Bertz CT molecular complexity index is 470. The van der Waals surface area contributed by atoms with Crippen LogP contribution in [0.4, 0.5) is 0 Å². The molecule has 0 atom stereocenters. The lowest BCUT2D eigenvalue weighted by Crippen LogP contribution is -2.02. The van der Waals surface area contributed by atoms with Crippen LogP contribution in [0, 0.1) is 22.7 Å². The van der Waals surface area contributed by atoms with E-state index in [9.17, 15) is 0 Å². The molecule has 0 radical (unpaired) electrons. The predicted octanol–water partition coefficient (Wildman–Crippen LogP) is 2.42. The van der Waals surface area contributed by atoms with Gasteiger partial charge in [0, 0.05) is 11.6 Å². The van der Waals surface area contributed by atoms with E-state index < -0.39 is 0 Å². The SMILES string of the molecule is CCCOc1c(CC#N)cc(C#N)cc1OC. The van der Waals surface area contributed by atoms with Crippen LogP contribution in [-0.4, -0.2) is 13.7 Å². The Morgan fingerprint density at radius 3 is 2.59 bits per heavy atom. The van der Waals surface area contributed by atoms with Crippen molar-refractivity contribution in [2.24, 2.45) is 0 Å². The first-order chi connectivity index (χ1) is 8.26. The Morgan fingerprint density at radius 2 is 2.06 bits per heavy atom. The molecular weight excluding hydrogens is 216 g/mol. The number of nitrogens with zero attached hydrogens (tertiary/aromatic N) is 2. The second-order valence-corrected chi connectivity index (χ2v) is 3.46. The molecule has 0 saturated carbocycles. The molecule has 0 saturated heterocycles. The van der Waals surface area contributed by atoms with Crippen molar-refractivity contribution >= 4 is 0 Å². The minimum Gasteiger partial charge on any atom is -0.493 e. The van der Waals surface area contributed by atoms with E-state index in [-0.39, 0.29) is 6.42 Å². The maximum atomic E-state index is 8.89. The third kappa shape index (κ3) is 3.12. The molecule has 0 bridgehead atoms. The van der Waals surface area contributed by atoms with Gasteiger partial charge in [0.15, 0.2) is 11.5 Å². The summed E-state index contributed by atoms with van der Waals surface area (Å²) in [7, 11) is 1.52. The highest BCUT2D eigenvalue weighted by Gasteiger charge is 2.12. The molecule has 88 valence electrons. The topological polar surface area (TPSA) is 66.0 Å². The number of methoxy groups -OCH3 is 1. The molecule has 0 spiro atoms. The Balaban J connectivity index is 3.22. The minimum atomic E-state index is 0.199. The zero-order valence-electron chi connectivity index (χ0n) is 9.99. The fraction of sp³-hybridized carbons (Fsp3) is 0.385. The quantitative estimate of drug-likeness (QED) is 0.779. The maximum absolute atomic E-state index is 8.89. The fourth-order valence-electron chi connectivity index (χ4n) is 1.46. The van der Waals surface area contributed by atoms with Crippen molar-refractivity contribution in [1.29, 1.82) is 10.5 Å². The van der Waals surface area contributed by atoms with Crippen molar-refractivity contribution in [2.45, 2.75) is 19.8 Å². The normalized spacial score (nSPS) is 9.18. The van der Waals surface area contributed by atoms with Crippen LogP contribution in [0.15, 0.2) is 12.1 Å². The first-order valence-corrected chi connectivity index (χ1v) is 5.37. The van der Waals surface area contributed by atoms with Crippen molar-refractivity contribution in [1.82, 2.24) is 0 Å². The maximum Gasteiger partial charge on any atom is 0.165 e. The number of rotatable bonds is 5. The van der Waals surface area contributed by atoms with E-state index in [0.717, 1.165) is 6.42 Å². The zero-order chi connectivity index (χ0) is 12.7. The molecule has 0 fully saturated rings. The van der Waals surface area contributed by atoms with Crippen LogP contribution in [0.2, 0.25) is 0 Å². The highest BCUT2D eigenvalue weighted by Crippen LogP contribution is 2.33. The molecule has 0 aliphatic rings. The van der Waals surface area contributed by atoms with Crippen LogP contribution in [-0.2, 0) is 6.42 Å². The van der Waals surface area contributed by atoms with Gasteiger partial charge in [-0.15, -0.1) is 0 Å². The lowest BCUT2D eigenvalue weighted by atomic mass is 10.1. The summed E-state index contributed by atoms with van der Waals surface area (Å²) in [5.41, 5.74) is 1.16. The van der Waals surface area contributed by atoms with Gasteiger partial charge in [-0.1, -0.05) is 6.92 Å². The van der Waals surface area contributed by atoms with Crippen LogP contribution < -0.4 is 9.47 Å². The van der Waals surface area contributed by atoms with Crippen molar-refractivity contribution in [2.75, 3.05) is 13.7 Å². The van der Waals surface area contributed by atoms with Gasteiger partial charge in [-0.25, -0.2) is 0 Å². The Labute approximate surface area is 101 Å². The molecule has 4 nitrogen and oxygen atoms in total.